The second kappa shape index (κ2) is 8.17. The van der Waals surface area contributed by atoms with Gasteiger partial charge in [0.25, 0.3) is 0 Å². The number of nitrogens with zero attached hydrogens (tertiary/aromatic N) is 3. The molecule has 1 N–H and O–H groups in total. The number of carbonyl (C=O) groups excluding carboxylic acids is 2. The molecule has 0 bridgehead atoms. The molecule has 1 aromatic heterocycles. The van der Waals surface area contributed by atoms with Crippen molar-refractivity contribution >= 4 is 28.5 Å². The summed E-state index contributed by atoms with van der Waals surface area (Å²) in [7, 11) is 1.37. The van der Waals surface area contributed by atoms with E-state index in [1.807, 2.05) is 32.0 Å². The third-order valence-electron chi connectivity index (χ3n) is 4.75. The van der Waals surface area contributed by atoms with Crippen molar-refractivity contribution in [3.63, 3.8) is 0 Å². The maximum atomic E-state index is 13.4. The number of nitrogens with one attached hydrogen (secondary N) is 1. The zero-order chi connectivity index (χ0) is 22.1. The Morgan fingerprint density at radius 3 is 2.33 bits per heavy atom. The molecule has 0 saturated heterocycles. The van der Waals surface area contributed by atoms with Crippen molar-refractivity contribution in [2.24, 2.45) is 0 Å². The summed E-state index contributed by atoms with van der Waals surface area (Å²) in [6, 6.07) is 11.6. The van der Waals surface area contributed by atoms with Gasteiger partial charge in [0.05, 0.1) is 17.6 Å². The molecule has 0 atom stereocenters. The number of aromatic nitrogens is 2. The van der Waals surface area contributed by atoms with Crippen LogP contribution in [0, 0.1) is 13.8 Å². The van der Waals surface area contributed by atoms with E-state index >= 15 is 0 Å². The topological polar surface area (TPSA) is 67.2 Å². The highest BCUT2D eigenvalue weighted by Crippen LogP contribution is 2.31. The number of para-hydroxylation sites is 3. The molecule has 0 aliphatic rings. The number of aryl methyl sites for hydroxylation is 2. The molecule has 0 fully saturated rings. The van der Waals surface area contributed by atoms with E-state index in [2.05, 4.69) is 10.3 Å². The first-order valence-electron chi connectivity index (χ1n) is 9.20. The third kappa shape index (κ3) is 4.45. The Morgan fingerprint density at radius 1 is 1.07 bits per heavy atom. The summed E-state index contributed by atoms with van der Waals surface area (Å²) in [5.41, 5.74) is 2.75. The number of benzene rings is 2. The third-order valence-corrected chi connectivity index (χ3v) is 4.75. The molecule has 2 amide bonds. The van der Waals surface area contributed by atoms with Crippen LogP contribution in [0.2, 0.25) is 0 Å². The molecule has 0 unspecified atom stereocenters. The zero-order valence-corrected chi connectivity index (χ0v) is 16.7. The Bertz CT molecular complexity index is 1090. The van der Waals surface area contributed by atoms with E-state index in [1.165, 1.54) is 19.2 Å². The van der Waals surface area contributed by atoms with Crippen LogP contribution < -0.4 is 5.32 Å². The standard InChI is InChI=1S/C21H21F3N4O2/c1-13-7-6-8-14(2)19(13)26-17(29)11-27(3)18(30)12-28-16-10-5-4-9-15(16)25-20(28)21(22,23)24/h4-10H,11-12H2,1-3H3,(H,26,29). The van der Waals surface area contributed by atoms with Crippen LogP contribution in [0.5, 0.6) is 0 Å². The second-order valence-electron chi connectivity index (χ2n) is 7.07. The van der Waals surface area contributed by atoms with E-state index in [4.69, 9.17) is 0 Å². The van der Waals surface area contributed by atoms with Gasteiger partial charge in [-0.3, -0.25) is 9.59 Å². The van der Waals surface area contributed by atoms with Crippen LogP contribution in [0.25, 0.3) is 11.0 Å². The lowest BCUT2D eigenvalue weighted by Gasteiger charge is -2.19. The van der Waals surface area contributed by atoms with E-state index in [0.717, 1.165) is 20.6 Å². The molecule has 0 aliphatic carbocycles. The van der Waals surface area contributed by atoms with Crippen LogP contribution in [0.3, 0.4) is 0 Å². The summed E-state index contributed by atoms with van der Waals surface area (Å²) in [5.74, 6) is -2.22. The number of likely N-dealkylation sites (N-methyl/N-ethyl adjacent to an activating group) is 1. The predicted molar refractivity (Wildman–Crippen MR) is 107 cm³/mol. The number of hydrogen-bond acceptors (Lipinski definition) is 3. The van der Waals surface area contributed by atoms with Gasteiger partial charge in [0.15, 0.2) is 0 Å². The molecule has 158 valence electrons. The smallest absolute Gasteiger partial charge is 0.335 e. The first-order chi connectivity index (χ1) is 14.1. The molecular formula is C21H21F3N4O2. The molecule has 1 heterocycles. The second-order valence-corrected chi connectivity index (χ2v) is 7.07. The molecule has 3 rings (SSSR count). The van der Waals surface area contributed by atoms with Gasteiger partial charge in [-0.2, -0.15) is 13.2 Å². The minimum absolute atomic E-state index is 0.146. The number of hydrogen-bond donors (Lipinski definition) is 1. The van der Waals surface area contributed by atoms with E-state index in [9.17, 15) is 22.8 Å². The SMILES string of the molecule is Cc1cccc(C)c1NC(=O)CN(C)C(=O)Cn1c(C(F)(F)F)nc2ccccc21. The molecule has 2 aromatic carbocycles. The lowest BCUT2D eigenvalue weighted by atomic mass is 10.1. The number of anilines is 1. The van der Waals surface area contributed by atoms with E-state index in [1.54, 1.807) is 12.1 Å². The summed E-state index contributed by atoms with van der Waals surface area (Å²) >= 11 is 0. The molecule has 30 heavy (non-hydrogen) atoms. The molecule has 6 nitrogen and oxygen atoms in total. The summed E-state index contributed by atoms with van der Waals surface area (Å²) in [6.45, 7) is 2.82. The number of imidazole rings is 1. The van der Waals surface area contributed by atoms with Gasteiger partial charge in [-0.1, -0.05) is 30.3 Å². The number of alkyl halides is 3. The fourth-order valence-corrected chi connectivity index (χ4v) is 3.20. The van der Waals surface area contributed by atoms with Crippen LogP contribution in [0.15, 0.2) is 42.5 Å². The van der Waals surface area contributed by atoms with Crippen LogP contribution in [0.1, 0.15) is 17.0 Å². The Hall–Kier alpha value is -3.36. The van der Waals surface area contributed by atoms with Crippen molar-refractivity contribution in [2.45, 2.75) is 26.6 Å². The van der Waals surface area contributed by atoms with Crippen molar-refractivity contribution in [1.82, 2.24) is 14.5 Å². The summed E-state index contributed by atoms with van der Waals surface area (Å²) < 4.78 is 41.0. The average molecular weight is 418 g/mol. The normalized spacial score (nSPS) is 11.5. The molecule has 0 radical (unpaired) electrons. The maximum absolute atomic E-state index is 13.4. The Kier molecular flexibility index (Phi) is 5.82. The van der Waals surface area contributed by atoms with E-state index in [0.29, 0.717) is 5.69 Å². The molecular weight excluding hydrogens is 397 g/mol. The largest absolute Gasteiger partial charge is 0.449 e. The van der Waals surface area contributed by atoms with Gasteiger partial charge in [0.1, 0.15) is 6.54 Å². The highest BCUT2D eigenvalue weighted by Gasteiger charge is 2.38. The Labute approximate surface area is 171 Å². The minimum atomic E-state index is -4.71. The fraction of sp³-hybridized carbons (Fsp3) is 0.286. The van der Waals surface area contributed by atoms with Crippen LogP contribution in [-0.4, -0.2) is 39.9 Å². The first-order valence-corrected chi connectivity index (χ1v) is 9.20. The van der Waals surface area contributed by atoms with Crippen molar-refractivity contribution in [2.75, 3.05) is 18.9 Å². The molecule has 9 heteroatoms. The number of fused-ring (bicyclic) bond motifs is 1. The number of rotatable bonds is 5. The van der Waals surface area contributed by atoms with Gasteiger partial charge in [-0.25, -0.2) is 4.98 Å². The summed E-state index contributed by atoms with van der Waals surface area (Å²) in [4.78, 5) is 29.7. The number of halogens is 3. The van der Waals surface area contributed by atoms with Gasteiger partial charge in [-0.05, 0) is 37.1 Å². The highest BCUT2D eigenvalue weighted by molar-refractivity contribution is 5.95. The fourth-order valence-electron chi connectivity index (χ4n) is 3.20. The summed E-state index contributed by atoms with van der Waals surface area (Å²) in [5, 5.41) is 2.76. The van der Waals surface area contributed by atoms with Gasteiger partial charge < -0.3 is 14.8 Å². The Balaban J connectivity index is 1.75. The lowest BCUT2D eigenvalue weighted by molar-refractivity contribution is -0.148. The minimum Gasteiger partial charge on any atom is -0.335 e. The number of amides is 2. The number of carbonyl (C=O) groups is 2. The van der Waals surface area contributed by atoms with Crippen LogP contribution >= 0.6 is 0 Å². The quantitative estimate of drug-likeness (QED) is 0.686. The van der Waals surface area contributed by atoms with Crippen molar-refractivity contribution in [3.8, 4) is 0 Å². The monoisotopic (exact) mass is 418 g/mol. The predicted octanol–water partition coefficient (Wildman–Crippen LogP) is 3.77. The molecule has 0 spiro atoms. The van der Waals surface area contributed by atoms with Gasteiger partial charge in [0.2, 0.25) is 17.6 Å². The average Bonchev–Trinajstić information content (AvgIpc) is 3.04. The molecule has 3 aromatic rings. The van der Waals surface area contributed by atoms with E-state index < -0.39 is 30.4 Å². The van der Waals surface area contributed by atoms with Crippen molar-refractivity contribution in [3.05, 3.63) is 59.4 Å². The maximum Gasteiger partial charge on any atom is 0.449 e. The summed E-state index contributed by atoms with van der Waals surface area (Å²) in [6.07, 6.45) is -4.71. The zero-order valence-electron chi connectivity index (χ0n) is 16.7. The van der Waals surface area contributed by atoms with Crippen molar-refractivity contribution in [1.29, 1.82) is 0 Å². The van der Waals surface area contributed by atoms with E-state index in [-0.39, 0.29) is 17.6 Å². The Morgan fingerprint density at radius 2 is 1.70 bits per heavy atom. The van der Waals surface area contributed by atoms with Gasteiger partial charge in [-0.15, -0.1) is 0 Å². The molecule has 0 saturated carbocycles. The van der Waals surface area contributed by atoms with Crippen molar-refractivity contribution < 1.29 is 22.8 Å². The van der Waals surface area contributed by atoms with Gasteiger partial charge >= 0.3 is 6.18 Å². The lowest BCUT2D eigenvalue weighted by Crippen LogP contribution is -2.37. The highest BCUT2D eigenvalue weighted by atomic mass is 19.4. The van der Waals surface area contributed by atoms with Crippen LogP contribution in [0.4, 0.5) is 18.9 Å². The van der Waals surface area contributed by atoms with Crippen LogP contribution in [-0.2, 0) is 22.3 Å². The first kappa shape index (κ1) is 21.4. The van der Waals surface area contributed by atoms with Gasteiger partial charge in [0, 0.05) is 12.7 Å². The molecule has 0 aliphatic heterocycles.